The number of carbonyl (C=O) groups excluding carboxylic acids is 1. The van der Waals surface area contributed by atoms with Crippen LogP contribution in [0.4, 0.5) is 5.82 Å². The van der Waals surface area contributed by atoms with E-state index in [1.807, 2.05) is 0 Å². The number of nitrogens with zero attached hydrogens (tertiary/aromatic N) is 1. The Kier molecular flexibility index (Phi) is 4.06. The first-order valence-corrected chi connectivity index (χ1v) is 6.02. The molecule has 2 aromatic rings. The molecule has 0 spiro atoms. The van der Waals surface area contributed by atoms with Gasteiger partial charge in [0.15, 0.2) is 5.82 Å². The average Bonchev–Trinajstić information content (AvgIpc) is 2.75. The van der Waals surface area contributed by atoms with E-state index in [1.165, 1.54) is 0 Å². The summed E-state index contributed by atoms with van der Waals surface area (Å²) in [5.41, 5.74) is 0.715. The molecule has 0 unspecified atom stereocenters. The summed E-state index contributed by atoms with van der Waals surface area (Å²) in [6, 6.07) is 6.79. The fraction of sp³-hybridized carbons (Fsp3) is 0.231. The van der Waals surface area contributed by atoms with Crippen LogP contribution in [0.3, 0.4) is 0 Å². The van der Waals surface area contributed by atoms with E-state index in [0.29, 0.717) is 27.9 Å². The normalized spacial score (nSPS) is 10.3. The van der Waals surface area contributed by atoms with E-state index >= 15 is 0 Å². The quantitative estimate of drug-likeness (QED) is 0.935. The van der Waals surface area contributed by atoms with Crippen molar-refractivity contribution >= 4 is 23.3 Å². The van der Waals surface area contributed by atoms with Crippen LogP contribution < -0.4 is 10.1 Å². The molecule has 0 atom stereocenters. The molecule has 0 saturated carbocycles. The minimum atomic E-state index is -0.214. The molecule has 1 aromatic heterocycles. The third-order valence-corrected chi connectivity index (χ3v) is 2.72. The lowest BCUT2D eigenvalue weighted by Crippen LogP contribution is -2.15. The van der Waals surface area contributed by atoms with Crippen LogP contribution in [0.1, 0.15) is 11.3 Å². The summed E-state index contributed by atoms with van der Waals surface area (Å²) in [6.07, 6.45) is 0.148. The average molecular weight is 281 g/mol. The van der Waals surface area contributed by atoms with Crippen LogP contribution in [0.15, 0.2) is 28.8 Å². The molecule has 19 heavy (non-hydrogen) atoms. The highest BCUT2D eigenvalue weighted by molar-refractivity contribution is 6.30. The van der Waals surface area contributed by atoms with Crippen LogP contribution in [0, 0.1) is 6.92 Å². The molecule has 1 heterocycles. The molecule has 0 fully saturated rings. The van der Waals surface area contributed by atoms with Crippen LogP contribution >= 0.6 is 11.6 Å². The van der Waals surface area contributed by atoms with Crippen LogP contribution in [0.5, 0.6) is 5.75 Å². The van der Waals surface area contributed by atoms with Gasteiger partial charge in [0.1, 0.15) is 11.5 Å². The Morgan fingerprint density at radius 2 is 2.26 bits per heavy atom. The number of anilines is 1. The molecule has 0 radical (unpaired) electrons. The second kappa shape index (κ2) is 5.75. The molecule has 0 bridgehead atoms. The second-order valence-electron chi connectivity index (χ2n) is 4.00. The number of aryl methyl sites for hydroxylation is 1. The summed E-state index contributed by atoms with van der Waals surface area (Å²) in [5, 5.41) is 6.89. The molecular weight excluding hydrogens is 268 g/mol. The molecule has 5 nitrogen and oxygen atoms in total. The summed E-state index contributed by atoms with van der Waals surface area (Å²) in [7, 11) is 1.55. The molecule has 6 heteroatoms. The predicted octanol–water partition coefficient (Wildman–Crippen LogP) is 2.83. The van der Waals surface area contributed by atoms with Crippen molar-refractivity contribution in [2.45, 2.75) is 13.3 Å². The van der Waals surface area contributed by atoms with Crippen molar-refractivity contribution in [2.24, 2.45) is 0 Å². The van der Waals surface area contributed by atoms with Crippen molar-refractivity contribution in [1.82, 2.24) is 5.16 Å². The Hall–Kier alpha value is -2.01. The molecule has 0 aliphatic carbocycles. The maximum absolute atomic E-state index is 11.9. The monoisotopic (exact) mass is 280 g/mol. The number of hydrogen-bond donors (Lipinski definition) is 1. The van der Waals surface area contributed by atoms with E-state index in [0.717, 1.165) is 0 Å². The Labute approximate surface area is 115 Å². The molecule has 1 N–H and O–H groups in total. The van der Waals surface area contributed by atoms with Gasteiger partial charge in [0.2, 0.25) is 5.91 Å². The van der Waals surface area contributed by atoms with E-state index in [1.54, 1.807) is 38.3 Å². The molecule has 2 rings (SSSR count). The Morgan fingerprint density at radius 1 is 1.47 bits per heavy atom. The predicted molar refractivity (Wildman–Crippen MR) is 71.6 cm³/mol. The lowest BCUT2D eigenvalue weighted by Gasteiger charge is -2.08. The fourth-order valence-corrected chi connectivity index (χ4v) is 1.87. The van der Waals surface area contributed by atoms with Gasteiger partial charge in [-0.2, -0.15) is 0 Å². The van der Waals surface area contributed by atoms with Crippen molar-refractivity contribution in [3.63, 3.8) is 0 Å². The van der Waals surface area contributed by atoms with Gasteiger partial charge in [0.05, 0.1) is 13.5 Å². The largest absolute Gasteiger partial charge is 0.496 e. The number of ether oxygens (including phenoxy) is 1. The number of halogens is 1. The number of aromatic nitrogens is 1. The zero-order valence-corrected chi connectivity index (χ0v) is 11.3. The van der Waals surface area contributed by atoms with Gasteiger partial charge in [-0.3, -0.25) is 4.79 Å². The van der Waals surface area contributed by atoms with E-state index in [2.05, 4.69) is 10.5 Å². The van der Waals surface area contributed by atoms with Crippen molar-refractivity contribution < 1.29 is 14.1 Å². The molecule has 1 aromatic carbocycles. The van der Waals surface area contributed by atoms with Crippen molar-refractivity contribution in [1.29, 1.82) is 0 Å². The van der Waals surface area contributed by atoms with Gasteiger partial charge in [-0.25, -0.2) is 0 Å². The molecule has 0 saturated heterocycles. The fourth-order valence-electron chi connectivity index (χ4n) is 1.67. The molecular formula is C13H13ClN2O3. The highest BCUT2D eigenvalue weighted by Gasteiger charge is 2.11. The minimum absolute atomic E-state index is 0.148. The third-order valence-electron chi connectivity index (χ3n) is 2.49. The standard InChI is InChI=1S/C13H13ClN2O3/c1-8-5-12(16-19-8)15-13(17)7-9-6-10(14)3-4-11(9)18-2/h3-6H,7H2,1-2H3,(H,15,16,17). The number of nitrogens with one attached hydrogen (secondary N) is 1. The third kappa shape index (κ3) is 3.48. The topological polar surface area (TPSA) is 64.4 Å². The van der Waals surface area contributed by atoms with Gasteiger partial charge in [-0.1, -0.05) is 16.8 Å². The number of amides is 1. The Morgan fingerprint density at radius 3 is 2.89 bits per heavy atom. The van der Waals surface area contributed by atoms with Crippen LogP contribution in [-0.2, 0) is 11.2 Å². The van der Waals surface area contributed by atoms with Crippen LogP contribution in [0.25, 0.3) is 0 Å². The zero-order valence-electron chi connectivity index (χ0n) is 10.6. The summed E-state index contributed by atoms with van der Waals surface area (Å²) in [5.74, 6) is 1.43. The van der Waals surface area contributed by atoms with Gasteiger partial charge in [-0.15, -0.1) is 0 Å². The van der Waals surface area contributed by atoms with Gasteiger partial charge in [0, 0.05) is 16.7 Å². The number of benzene rings is 1. The molecule has 0 aliphatic rings. The first-order chi connectivity index (χ1) is 9.08. The second-order valence-corrected chi connectivity index (χ2v) is 4.44. The number of rotatable bonds is 4. The summed E-state index contributed by atoms with van der Waals surface area (Å²) in [4.78, 5) is 11.9. The maximum Gasteiger partial charge on any atom is 0.230 e. The SMILES string of the molecule is COc1ccc(Cl)cc1CC(=O)Nc1cc(C)on1. The van der Waals surface area contributed by atoms with Crippen molar-refractivity contribution in [3.05, 3.63) is 40.6 Å². The van der Waals surface area contributed by atoms with Gasteiger partial charge >= 0.3 is 0 Å². The first kappa shape index (κ1) is 13.4. The smallest absolute Gasteiger partial charge is 0.230 e. The molecule has 0 aliphatic heterocycles. The lowest BCUT2D eigenvalue weighted by molar-refractivity contribution is -0.115. The Balaban J connectivity index is 2.08. The maximum atomic E-state index is 11.9. The lowest BCUT2D eigenvalue weighted by atomic mass is 10.1. The van der Waals surface area contributed by atoms with Crippen molar-refractivity contribution in [2.75, 3.05) is 12.4 Å². The summed E-state index contributed by atoms with van der Waals surface area (Å²) >= 11 is 5.91. The number of methoxy groups -OCH3 is 1. The zero-order chi connectivity index (χ0) is 13.8. The number of hydrogen-bond acceptors (Lipinski definition) is 4. The van der Waals surface area contributed by atoms with E-state index in [9.17, 15) is 4.79 Å². The van der Waals surface area contributed by atoms with Gasteiger partial charge < -0.3 is 14.6 Å². The molecule has 1 amide bonds. The Bertz CT molecular complexity index is 595. The first-order valence-electron chi connectivity index (χ1n) is 5.64. The highest BCUT2D eigenvalue weighted by atomic mass is 35.5. The van der Waals surface area contributed by atoms with Gasteiger partial charge in [0.25, 0.3) is 0 Å². The molecule has 100 valence electrons. The summed E-state index contributed by atoms with van der Waals surface area (Å²) < 4.78 is 10.1. The van der Waals surface area contributed by atoms with Crippen molar-refractivity contribution in [3.8, 4) is 5.75 Å². The van der Waals surface area contributed by atoms with E-state index in [-0.39, 0.29) is 12.3 Å². The van der Waals surface area contributed by atoms with Crippen LogP contribution in [0.2, 0.25) is 5.02 Å². The highest BCUT2D eigenvalue weighted by Crippen LogP contribution is 2.23. The van der Waals surface area contributed by atoms with E-state index in [4.69, 9.17) is 20.9 Å². The van der Waals surface area contributed by atoms with Crippen LogP contribution in [-0.4, -0.2) is 18.2 Å². The van der Waals surface area contributed by atoms with E-state index < -0.39 is 0 Å². The number of carbonyl (C=O) groups is 1. The summed E-state index contributed by atoms with van der Waals surface area (Å²) in [6.45, 7) is 1.75. The van der Waals surface area contributed by atoms with Gasteiger partial charge in [-0.05, 0) is 25.1 Å². The minimum Gasteiger partial charge on any atom is -0.496 e.